The average Bonchev–Trinajstić information content (AvgIpc) is 2.78. The van der Waals surface area contributed by atoms with Crippen molar-refractivity contribution < 1.29 is 33.6 Å². The molecule has 3 heterocycles. The smallest absolute Gasteiger partial charge is 0.312 e. The van der Waals surface area contributed by atoms with Gasteiger partial charge in [0.2, 0.25) is 0 Å². The van der Waals surface area contributed by atoms with Gasteiger partial charge in [-0.2, -0.15) is 0 Å². The van der Waals surface area contributed by atoms with Crippen LogP contribution in [0.5, 0.6) is 0 Å². The lowest BCUT2D eigenvalue weighted by Crippen LogP contribution is -2.80. The summed E-state index contributed by atoms with van der Waals surface area (Å²) in [5, 5.41) is 27.0. The molecule has 7 rings (SSSR count). The summed E-state index contributed by atoms with van der Waals surface area (Å²) >= 11 is 0. The number of ether oxygens (including phenoxy) is 3. The number of aliphatic hydroxyl groups is 1. The van der Waals surface area contributed by atoms with Crippen LogP contribution >= 0.6 is 0 Å². The van der Waals surface area contributed by atoms with Gasteiger partial charge in [-0.15, -0.1) is 0 Å². The lowest BCUT2D eigenvalue weighted by Gasteiger charge is -2.72. The van der Waals surface area contributed by atoms with Crippen molar-refractivity contribution in [2.45, 2.75) is 82.8 Å². The molecule has 12 atom stereocenters. The molecule has 0 aromatic heterocycles. The minimum absolute atomic E-state index is 0.120. The van der Waals surface area contributed by atoms with Crippen molar-refractivity contribution in [2.75, 3.05) is 20.2 Å². The zero-order chi connectivity index (χ0) is 22.8. The first kappa shape index (κ1) is 21.3. The van der Waals surface area contributed by atoms with Gasteiger partial charge < -0.3 is 29.2 Å². The summed E-state index contributed by atoms with van der Waals surface area (Å²) in [5.41, 5.74) is -2.39. The Morgan fingerprint density at radius 2 is 2.09 bits per heavy atom. The van der Waals surface area contributed by atoms with Crippen LogP contribution in [0.1, 0.15) is 52.9 Å². The van der Waals surface area contributed by atoms with Gasteiger partial charge in [0.1, 0.15) is 18.2 Å². The maximum atomic E-state index is 14.7. The molecule has 1 N–H and O–H groups in total. The number of hydrogen-bond acceptors (Lipinski definition) is 7. The number of carbonyl (C=O) groups excluding carboxylic acids is 2. The Morgan fingerprint density at radius 1 is 1.34 bits per heavy atom. The Labute approximate surface area is 188 Å². The highest BCUT2D eigenvalue weighted by Gasteiger charge is 2.88. The summed E-state index contributed by atoms with van der Waals surface area (Å²) in [4.78, 5) is 25.7. The molecule has 7 fully saturated rings. The third-order valence-corrected chi connectivity index (χ3v) is 10.7. The van der Waals surface area contributed by atoms with E-state index in [2.05, 4.69) is 6.92 Å². The van der Waals surface area contributed by atoms with Gasteiger partial charge in [-0.05, 0) is 44.9 Å². The highest BCUT2D eigenvalue weighted by Crippen LogP contribution is 2.78. The summed E-state index contributed by atoms with van der Waals surface area (Å²) in [5.74, 6) is -2.38. The van der Waals surface area contributed by atoms with Gasteiger partial charge in [-0.3, -0.25) is 9.59 Å². The number of methoxy groups -OCH3 is 1. The zero-order valence-corrected chi connectivity index (χ0v) is 19.4. The highest BCUT2D eigenvalue weighted by molar-refractivity contribution is 5.77. The molecule has 3 saturated heterocycles. The molecule has 32 heavy (non-hydrogen) atoms. The second kappa shape index (κ2) is 6.26. The van der Waals surface area contributed by atoms with E-state index in [4.69, 9.17) is 14.2 Å². The zero-order valence-electron chi connectivity index (χ0n) is 19.4. The predicted octanol–water partition coefficient (Wildman–Crippen LogP) is 1.77. The van der Waals surface area contributed by atoms with Gasteiger partial charge in [-0.25, -0.2) is 0 Å². The van der Waals surface area contributed by atoms with Crippen molar-refractivity contribution in [2.24, 2.45) is 34.5 Å². The molecule has 7 aliphatic rings. The third-order valence-electron chi connectivity index (χ3n) is 10.7. The summed E-state index contributed by atoms with van der Waals surface area (Å²) in [7, 11) is 1.70. The fourth-order valence-corrected chi connectivity index (χ4v) is 10.2. The highest BCUT2D eigenvalue weighted by atomic mass is 16.6. The number of rotatable bonds is 3. The number of piperidine rings is 1. The van der Waals surface area contributed by atoms with Crippen molar-refractivity contribution in [1.82, 2.24) is 0 Å². The molecule has 0 radical (unpaired) electrons. The Balaban J connectivity index is 1.69. The van der Waals surface area contributed by atoms with Crippen LogP contribution in [0, 0.1) is 39.7 Å². The normalized spacial score (nSPS) is 59.4. The molecular formula is C24H35NO7. The predicted molar refractivity (Wildman–Crippen MR) is 112 cm³/mol. The van der Waals surface area contributed by atoms with Crippen molar-refractivity contribution in [3.63, 3.8) is 0 Å². The SMILES string of the molecule is CC[N+]1([O-])C[C@]2(C)CC[C@H](OC)[C@]34C1[C@H]([C@@H](OC(C)=O)[C@H]23)[C@@]1(O)CC[C@H]2C[C@@H]4[C@@H]1C(=O)O2. The van der Waals surface area contributed by atoms with E-state index in [1.807, 2.05) is 6.92 Å². The number of carbonyl (C=O) groups is 2. The van der Waals surface area contributed by atoms with Gasteiger partial charge in [-0.1, -0.05) is 6.92 Å². The lowest BCUT2D eigenvalue weighted by molar-refractivity contribution is -0.932. The Morgan fingerprint density at radius 3 is 2.75 bits per heavy atom. The van der Waals surface area contributed by atoms with E-state index < -0.39 is 45.6 Å². The third kappa shape index (κ3) is 2.14. The summed E-state index contributed by atoms with van der Waals surface area (Å²) in [6.45, 7) is 6.32. The Kier molecular flexibility index (Phi) is 4.17. The molecule has 4 saturated carbocycles. The topological polar surface area (TPSA) is 105 Å². The molecule has 0 amide bonds. The van der Waals surface area contributed by atoms with Crippen LogP contribution in [-0.2, 0) is 23.8 Å². The van der Waals surface area contributed by atoms with Crippen molar-refractivity contribution >= 4 is 11.9 Å². The summed E-state index contributed by atoms with van der Waals surface area (Å²) in [6, 6.07) is -0.462. The first-order chi connectivity index (χ1) is 15.1. The summed E-state index contributed by atoms with van der Waals surface area (Å²) in [6.07, 6.45) is 2.18. The van der Waals surface area contributed by atoms with Crippen LogP contribution in [0.3, 0.4) is 0 Å². The molecule has 178 valence electrons. The van der Waals surface area contributed by atoms with Gasteiger partial charge in [0.15, 0.2) is 0 Å². The van der Waals surface area contributed by atoms with Crippen LogP contribution in [0.15, 0.2) is 0 Å². The molecule has 9 bridgehead atoms. The van der Waals surface area contributed by atoms with Gasteiger partial charge >= 0.3 is 11.9 Å². The lowest BCUT2D eigenvalue weighted by atomic mass is 9.42. The van der Waals surface area contributed by atoms with Crippen LogP contribution in [-0.4, -0.2) is 71.8 Å². The van der Waals surface area contributed by atoms with E-state index in [0.29, 0.717) is 32.4 Å². The van der Waals surface area contributed by atoms with Crippen LogP contribution in [0.4, 0.5) is 0 Å². The molecule has 2 unspecified atom stereocenters. The fraction of sp³-hybridized carbons (Fsp3) is 0.917. The van der Waals surface area contributed by atoms with E-state index in [1.165, 1.54) is 6.92 Å². The monoisotopic (exact) mass is 449 g/mol. The largest absolute Gasteiger partial charge is 0.633 e. The number of hydroxylamine groups is 3. The number of hydrogen-bond donors (Lipinski definition) is 1. The first-order valence-electron chi connectivity index (χ1n) is 12.3. The van der Waals surface area contributed by atoms with E-state index in [1.54, 1.807) is 7.11 Å². The average molecular weight is 450 g/mol. The minimum Gasteiger partial charge on any atom is -0.633 e. The second-order valence-corrected chi connectivity index (χ2v) is 11.8. The summed E-state index contributed by atoms with van der Waals surface area (Å²) < 4.78 is 17.6. The maximum Gasteiger partial charge on any atom is 0.312 e. The number of esters is 2. The van der Waals surface area contributed by atoms with Crippen molar-refractivity contribution in [3.05, 3.63) is 5.21 Å². The molecule has 3 aliphatic heterocycles. The van der Waals surface area contributed by atoms with Gasteiger partial charge in [0, 0.05) is 25.4 Å². The standard InChI is InChI=1S/C24H35NO7/c1-5-25(29)11-22(3)8-7-15(30-4)24-14-10-13-6-9-23(28,16(14)21(27)32-13)17(20(24)25)18(19(22)24)31-12(2)26/h13-20,28H,5-11H2,1-4H3/t13-,14+,15-,16+,17-,18+,19+,20?,22-,23+,24-,25?/m0/s1. The molecule has 4 aliphatic carbocycles. The fourth-order valence-electron chi connectivity index (χ4n) is 10.2. The number of nitrogens with zero attached hydrogens (tertiary/aromatic N) is 1. The maximum absolute atomic E-state index is 14.7. The quantitative estimate of drug-likeness (QED) is 0.398. The molecule has 8 heteroatoms. The van der Waals surface area contributed by atoms with Crippen molar-refractivity contribution in [1.29, 1.82) is 0 Å². The Bertz CT molecular complexity index is 880. The van der Waals surface area contributed by atoms with E-state index in [0.717, 1.165) is 12.8 Å². The molecular weight excluding hydrogens is 414 g/mol. The van der Waals surface area contributed by atoms with Crippen LogP contribution < -0.4 is 0 Å². The molecule has 1 spiro atoms. The molecule has 0 aromatic carbocycles. The van der Waals surface area contributed by atoms with Crippen molar-refractivity contribution in [3.8, 4) is 0 Å². The second-order valence-electron chi connectivity index (χ2n) is 11.8. The van der Waals surface area contributed by atoms with E-state index in [9.17, 15) is 19.9 Å². The van der Waals surface area contributed by atoms with Crippen LogP contribution in [0.2, 0.25) is 0 Å². The number of fused-ring (bicyclic) bond motifs is 2. The Hall–Kier alpha value is -1.22. The van der Waals surface area contributed by atoms with Crippen LogP contribution in [0.25, 0.3) is 0 Å². The molecule has 8 nitrogen and oxygen atoms in total. The van der Waals surface area contributed by atoms with Gasteiger partial charge in [0.25, 0.3) is 0 Å². The number of likely N-dealkylation sites (tertiary alicyclic amines) is 1. The number of quaternary nitrogens is 1. The first-order valence-corrected chi connectivity index (χ1v) is 12.3. The van der Waals surface area contributed by atoms with E-state index in [-0.39, 0.29) is 35.4 Å². The molecule has 0 aromatic rings. The van der Waals surface area contributed by atoms with Gasteiger partial charge in [0.05, 0.1) is 42.0 Å². The minimum atomic E-state index is -1.41. The van der Waals surface area contributed by atoms with E-state index >= 15 is 0 Å².